The van der Waals surface area contributed by atoms with Crippen molar-refractivity contribution < 1.29 is 4.79 Å². The summed E-state index contributed by atoms with van der Waals surface area (Å²) in [7, 11) is 0. The van der Waals surface area contributed by atoms with Crippen LogP contribution in [0.3, 0.4) is 0 Å². The third kappa shape index (κ3) is 4.61. The lowest BCUT2D eigenvalue weighted by Gasteiger charge is -2.28. The largest absolute Gasteiger partial charge is 0.353 e. The van der Waals surface area contributed by atoms with Gasteiger partial charge in [0.1, 0.15) is 0 Å². The summed E-state index contributed by atoms with van der Waals surface area (Å²) in [4.78, 5) is 12.6. The zero-order valence-corrected chi connectivity index (χ0v) is 19.1. The molecule has 4 atom stereocenters. The van der Waals surface area contributed by atoms with Gasteiger partial charge in [0, 0.05) is 22.6 Å². The molecule has 1 N–H and O–H groups in total. The smallest absolute Gasteiger partial charge is 0.230 e. The molecule has 2 bridgehead atoms. The van der Waals surface area contributed by atoms with Crippen molar-refractivity contribution in [2.24, 2.45) is 17.8 Å². The molecule has 1 heterocycles. The van der Waals surface area contributed by atoms with Crippen molar-refractivity contribution >= 4 is 33.6 Å². The molecule has 7 heteroatoms. The van der Waals surface area contributed by atoms with Crippen molar-refractivity contribution in [3.05, 3.63) is 41.4 Å². The van der Waals surface area contributed by atoms with Gasteiger partial charge in [-0.2, -0.15) is 0 Å². The van der Waals surface area contributed by atoms with Gasteiger partial charge in [0.05, 0.1) is 5.75 Å². The van der Waals surface area contributed by atoms with E-state index in [9.17, 15) is 4.79 Å². The molecule has 1 amide bonds. The van der Waals surface area contributed by atoms with Gasteiger partial charge in [-0.15, -0.1) is 16.8 Å². The van der Waals surface area contributed by atoms with E-state index in [1.807, 2.05) is 34.9 Å². The molecule has 0 saturated heterocycles. The normalized spacial score (nSPS) is 23.9. The van der Waals surface area contributed by atoms with Gasteiger partial charge < -0.3 is 5.32 Å². The van der Waals surface area contributed by atoms with Crippen LogP contribution in [0.25, 0.3) is 11.4 Å². The zero-order valence-electron chi connectivity index (χ0n) is 16.7. The van der Waals surface area contributed by atoms with Crippen LogP contribution in [0.15, 0.2) is 46.5 Å². The molecule has 4 unspecified atom stereocenters. The van der Waals surface area contributed by atoms with Crippen molar-refractivity contribution in [1.29, 1.82) is 0 Å². The second kappa shape index (κ2) is 9.04. The Morgan fingerprint density at radius 2 is 2.14 bits per heavy atom. The van der Waals surface area contributed by atoms with Crippen molar-refractivity contribution in [2.45, 2.75) is 50.4 Å². The highest BCUT2D eigenvalue weighted by molar-refractivity contribution is 9.10. The summed E-state index contributed by atoms with van der Waals surface area (Å²) in [5.74, 6) is 3.57. The number of carbonyl (C=O) groups excluding carboxylic acids is 1. The quantitative estimate of drug-likeness (QED) is 0.435. The van der Waals surface area contributed by atoms with E-state index in [0.717, 1.165) is 32.9 Å². The highest BCUT2D eigenvalue weighted by Crippen LogP contribution is 2.49. The van der Waals surface area contributed by atoms with Gasteiger partial charge in [0.2, 0.25) is 5.91 Å². The molecule has 2 aliphatic carbocycles. The standard InChI is InChI=1S/C22H27BrN4OS/c1-3-10-27-21(16-6-8-18(23)9-7-16)25-26-22(27)29-13-20(28)24-14(2)19-12-15-4-5-17(19)11-15/h3,6-9,14-15,17,19H,1,4-5,10-13H2,2H3,(H,24,28). The minimum atomic E-state index is 0.0728. The van der Waals surface area contributed by atoms with E-state index >= 15 is 0 Å². The summed E-state index contributed by atoms with van der Waals surface area (Å²) in [6.45, 7) is 6.62. The lowest BCUT2D eigenvalue weighted by atomic mass is 9.84. The van der Waals surface area contributed by atoms with Gasteiger partial charge in [0.25, 0.3) is 0 Å². The van der Waals surface area contributed by atoms with Crippen LogP contribution in [0.2, 0.25) is 0 Å². The van der Waals surface area contributed by atoms with Crippen LogP contribution in [-0.4, -0.2) is 32.5 Å². The molecule has 2 aromatic rings. The third-order valence-electron chi connectivity index (χ3n) is 6.29. The minimum Gasteiger partial charge on any atom is -0.353 e. The molecule has 0 spiro atoms. The van der Waals surface area contributed by atoms with Gasteiger partial charge in [-0.1, -0.05) is 52.3 Å². The predicted octanol–water partition coefficient (Wildman–Crippen LogP) is 4.93. The van der Waals surface area contributed by atoms with Crippen molar-refractivity contribution in [1.82, 2.24) is 20.1 Å². The maximum atomic E-state index is 12.6. The van der Waals surface area contributed by atoms with Crippen LogP contribution in [0, 0.1) is 17.8 Å². The number of benzene rings is 1. The maximum absolute atomic E-state index is 12.6. The Bertz CT molecular complexity index is 881. The first-order valence-electron chi connectivity index (χ1n) is 10.3. The number of aromatic nitrogens is 3. The van der Waals surface area contributed by atoms with Crippen LogP contribution in [0.1, 0.15) is 32.6 Å². The van der Waals surface area contributed by atoms with Crippen LogP contribution >= 0.6 is 27.7 Å². The van der Waals surface area contributed by atoms with Gasteiger partial charge >= 0.3 is 0 Å². The third-order valence-corrected chi connectivity index (χ3v) is 7.78. The second-order valence-electron chi connectivity index (χ2n) is 8.20. The maximum Gasteiger partial charge on any atom is 0.230 e. The monoisotopic (exact) mass is 474 g/mol. The number of nitrogens with zero attached hydrogens (tertiary/aromatic N) is 3. The molecule has 0 radical (unpaired) electrons. The predicted molar refractivity (Wildman–Crippen MR) is 121 cm³/mol. The summed E-state index contributed by atoms with van der Waals surface area (Å²) >= 11 is 4.89. The van der Waals surface area contributed by atoms with E-state index in [1.165, 1.54) is 37.4 Å². The molecular weight excluding hydrogens is 448 g/mol. The number of rotatable bonds is 8. The van der Waals surface area contributed by atoms with Crippen LogP contribution in [0.4, 0.5) is 0 Å². The average molecular weight is 475 g/mol. The van der Waals surface area contributed by atoms with Gasteiger partial charge in [0.15, 0.2) is 11.0 Å². The van der Waals surface area contributed by atoms with E-state index in [0.29, 0.717) is 18.2 Å². The lowest BCUT2D eigenvalue weighted by Crippen LogP contribution is -2.40. The Labute approximate surface area is 184 Å². The molecule has 1 aromatic heterocycles. The van der Waals surface area contributed by atoms with Gasteiger partial charge in [-0.25, -0.2) is 0 Å². The molecule has 154 valence electrons. The summed E-state index contributed by atoms with van der Waals surface area (Å²) in [5, 5.41) is 12.7. The zero-order chi connectivity index (χ0) is 20.4. The summed E-state index contributed by atoms with van der Waals surface area (Å²) in [5.41, 5.74) is 0.990. The molecule has 2 fully saturated rings. The lowest BCUT2D eigenvalue weighted by molar-refractivity contribution is -0.119. The number of thioether (sulfide) groups is 1. The molecule has 5 nitrogen and oxygen atoms in total. The fraction of sp³-hybridized carbons (Fsp3) is 0.500. The molecule has 0 aliphatic heterocycles. The minimum absolute atomic E-state index is 0.0728. The Kier molecular flexibility index (Phi) is 6.44. The number of hydrogen-bond donors (Lipinski definition) is 1. The van der Waals surface area contributed by atoms with Gasteiger partial charge in [-0.05, 0) is 56.1 Å². The molecule has 2 aliphatic rings. The van der Waals surface area contributed by atoms with Crippen LogP contribution in [0.5, 0.6) is 0 Å². The summed E-state index contributed by atoms with van der Waals surface area (Å²) in [6, 6.07) is 8.24. The molecule has 29 heavy (non-hydrogen) atoms. The van der Waals surface area contributed by atoms with Crippen molar-refractivity contribution in [3.63, 3.8) is 0 Å². The van der Waals surface area contributed by atoms with Gasteiger partial charge in [-0.3, -0.25) is 9.36 Å². The first-order valence-corrected chi connectivity index (χ1v) is 12.0. The number of halogens is 1. The van der Waals surface area contributed by atoms with E-state index in [1.54, 1.807) is 0 Å². The highest BCUT2D eigenvalue weighted by atomic mass is 79.9. The average Bonchev–Trinajstić information content (AvgIpc) is 3.43. The highest BCUT2D eigenvalue weighted by Gasteiger charge is 2.42. The Morgan fingerprint density at radius 1 is 1.34 bits per heavy atom. The van der Waals surface area contributed by atoms with E-state index < -0.39 is 0 Å². The van der Waals surface area contributed by atoms with Crippen molar-refractivity contribution in [3.8, 4) is 11.4 Å². The number of fused-ring (bicyclic) bond motifs is 2. The summed E-state index contributed by atoms with van der Waals surface area (Å²) in [6.07, 6.45) is 7.20. The molecule has 2 saturated carbocycles. The Balaban J connectivity index is 1.38. The molecule has 4 rings (SSSR count). The Morgan fingerprint density at radius 3 is 2.79 bits per heavy atom. The van der Waals surface area contributed by atoms with E-state index in [4.69, 9.17) is 0 Å². The number of carbonyl (C=O) groups is 1. The molecule has 1 aromatic carbocycles. The SMILES string of the molecule is C=CCn1c(SCC(=O)NC(C)C2CC3CCC2C3)nnc1-c1ccc(Br)cc1. The van der Waals surface area contributed by atoms with Crippen LogP contribution in [-0.2, 0) is 11.3 Å². The first kappa shape index (κ1) is 20.7. The van der Waals surface area contributed by atoms with Crippen LogP contribution < -0.4 is 5.32 Å². The van der Waals surface area contributed by atoms with Crippen molar-refractivity contribution in [2.75, 3.05) is 5.75 Å². The molecular formula is C22H27BrN4OS. The van der Waals surface area contributed by atoms with E-state index in [-0.39, 0.29) is 11.9 Å². The fourth-order valence-corrected chi connectivity index (χ4v) is 5.96. The Hall–Kier alpha value is -1.60. The second-order valence-corrected chi connectivity index (χ2v) is 10.1. The number of amides is 1. The number of allylic oxidation sites excluding steroid dienone is 1. The first-order chi connectivity index (χ1) is 14.0. The fourth-order valence-electron chi connectivity index (χ4n) is 4.94. The van der Waals surface area contributed by atoms with E-state index in [2.05, 4.69) is 44.9 Å². The number of hydrogen-bond acceptors (Lipinski definition) is 4. The topological polar surface area (TPSA) is 59.8 Å². The summed E-state index contributed by atoms with van der Waals surface area (Å²) < 4.78 is 3.03. The number of nitrogens with one attached hydrogen (secondary N) is 1.